The highest BCUT2D eigenvalue weighted by molar-refractivity contribution is 6.74. The molecule has 5 heterocycles. The molecule has 48 heavy (non-hydrogen) atoms. The normalized spacial score (nSPS) is 19.4. The Bertz CT molecular complexity index is 1890. The van der Waals surface area contributed by atoms with Crippen molar-refractivity contribution < 1.29 is 31.2 Å². The van der Waals surface area contributed by atoms with Crippen molar-refractivity contribution in [1.82, 2.24) is 40.1 Å². The van der Waals surface area contributed by atoms with Gasteiger partial charge in [0.05, 0.1) is 28.6 Å². The van der Waals surface area contributed by atoms with Crippen LogP contribution in [0.1, 0.15) is 69.3 Å². The van der Waals surface area contributed by atoms with E-state index in [2.05, 4.69) is 30.5 Å². The minimum Gasteiger partial charge on any atom is -0.401 e. The van der Waals surface area contributed by atoms with Crippen molar-refractivity contribution >= 4 is 31.4 Å². The number of nitrogens with zero attached hydrogens (tertiary/aromatic N) is 7. The molecule has 0 spiro atoms. The fourth-order valence-corrected chi connectivity index (χ4v) is 7.29. The minimum atomic E-state index is -4.91. The van der Waals surface area contributed by atoms with Gasteiger partial charge in [-0.25, -0.2) is 13.8 Å². The van der Waals surface area contributed by atoms with Gasteiger partial charge in [-0.3, -0.25) is 9.78 Å². The molecular formula is C31H32ClF5N8O2Si. The number of imidazole rings is 1. The SMILES string of the molecule is CC(C)(C)[Si](C)(C)OC(c1nccc(-c2cnc([C@@H]3CCC4CC(c5c(-n6cnnn6)ccc(Cl)c5F)=CC(=O)N43)[nH]2)c1F)C(F)(F)F. The lowest BCUT2D eigenvalue weighted by atomic mass is 9.92. The summed E-state index contributed by atoms with van der Waals surface area (Å²) in [6, 6.07) is 3.35. The molecule has 1 fully saturated rings. The van der Waals surface area contributed by atoms with Gasteiger partial charge in [0, 0.05) is 29.4 Å². The first kappa shape index (κ1) is 33.9. The second-order valence-corrected chi connectivity index (χ2v) is 18.6. The fourth-order valence-electron chi connectivity index (χ4n) is 5.95. The van der Waals surface area contributed by atoms with Gasteiger partial charge in [0.25, 0.3) is 0 Å². The predicted octanol–water partition coefficient (Wildman–Crippen LogP) is 7.52. The van der Waals surface area contributed by atoms with Crippen LogP contribution < -0.4 is 0 Å². The highest BCUT2D eigenvalue weighted by Crippen LogP contribution is 2.47. The number of halogens is 6. The zero-order valence-electron chi connectivity index (χ0n) is 26.6. The molecular weight excluding hydrogens is 675 g/mol. The molecule has 17 heteroatoms. The number of aromatic amines is 1. The van der Waals surface area contributed by atoms with Crippen LogP contribution in [0.4, 0.5) is 22.0 Å². The van der Waals surface area contributed by atoms with Crippen LogP contribution >= 0.6 is 11.6 Å². The topological polar surface area (TPSA) is 115 Å². The number of tetrazole rings is 1. The Kier molecular flexibility index (Phi) is 8.56. The Morgan fingerprint density at radius 1 is 1.08 bits per heavy atom. The average molecular weight is 707 g/mol. The molecule has 0 bridgehead atoms. The summed E-state index contributed by atoms with van der Waals surface area (Å²) >= 11 is 6.11. The van der Waals surface area contributed by atoms with Crippen molar-refractivity contribution in [3.63, 3.8) is 0 Å². The van der Waals surface area contributed by atoms with Crippen LogP contribution in [0.25, 0.3) is 22.5 Å². The lowest BCUT2D eigenvalue weighted by molar-refractivity contribution is -0.203. The number of H-pyrrole nitrogens is 1. The molecule has 0 saturated carbocycles. The Balaban J connectivity index is 1.29. The second kappa shape index (κ2) is 12.1. The number of hydrogen-bond acceptors (Lipinski definition) is 7. The molecule has 2 aliphatic rings. The number of pyridine rings is 1. The first-order chi connectivity index (χ1) is 22.5. The van der Waals surface area contributed by atoms with E-state index in [4.69, 9.17) is 16.0 Å². The van der Waals surface area contributed by atoms with Crippen molar-refractivity contribution in [2.45, 2.75) is 82.5 Å². The second-order valence-electron chi connectivity index (χ2n) is 13.4. The smallest absolute Gasteiger partial charge is 0.401 e. The lowest BCUT2D eigenvalue weighted by Gasteiger charge is -2.39. The van der Waals surface area contributed by atoms with Gasteiger partial charge in [0.2, 0.25) is 5.91 Å². The molecule has 2 unspecified atom stereocenters. The van der Waals surface area contributed by atoms with Crippen molar-refractivity contribution in [3.8, 4) is 16.9 Å². The van der Waals surface area contributed by atoms with E-state index in [1.807, 2.05) is 0 Å². The number of aromatic nitrogens is 7. The van der Waals surface area contributed by atoms with E-state index in [9.17, 15) is 18.0 Å². The van der Waals surface area contributed by atoms with Gasteiger partial charge in [-0.2, -0.15) is 17.9 Å². The Morgan fingerprint density at radius 3 is 2.50 bits per heavy atom. The molecule has 2 aliphatic heterocycles. The summed E-state index contributed by atoms with van der Waals surface area (Å²) in [4.78, 5) is 26.4. The van der Waals surface area contributed by atoms with Gasteiger partial charge in [-0.05, 0) is 71.6 Å². The summed E-state index contributed by atoms with van der Waals surface area (Å²) in [6.07, 6.45) is -1.06. The van der Waals surface area contributed by atoms with Gasteiger partial charge < -0.3 is 14.3 Å². The van der Waals surface area contributed by atoms with Crippen LogP contribution in [0.5, 0.6) is 0 Å². The first-order valence-corrected chi connectivity index (χ1v) is 18.5. The third-order valence-electron chi connectivity index (χ3n) is 9.38. The summed E-state index contributed by atoms with van der Waals surface area (Å²) in [5, 5.41) is 10.4. The number of benzene rings is 1. The van der Waals surface area contributed by atoms with E-state index in [0.29, 0.717) is 36.3 Å². The highest BCUT2D eigenvalue weighted by atomic mass is 35.5. The Hall–Kier alpha value is -4.02. The number of fused-ring (bicyclic) bond motifs is 1. The van der Waals surface area contributed by atoms with Crippen molar-refractivity contribution in [1.29, 1.82) is 0 Å². The lowest BCUT2D eigenvalue weighted by Crippen LogP contribution is -2.45. The standard InChI is InChI=1S/C31H32ClF5N8O2Si/c1-30(2,3)48(4,5)47-28(31(35,36)37)27-25(33)18(10-11-38-27)20-14-39-29(41-20)22-8-6-17-12-16(13-23(46)45(17)22)24-21(44-15-40-42-43-44)9-7-19(32)26(24)34/h7,9-11,13-15,17,22,28H,6,8,12H2,1-5H3,(H,39,41)/t17?,22-,28?/m0/s1. The monoisotopic (exact) mass is 706 g/mol. The molecule has 1 N–H and O–H groups in total. The maximum Gasteiger partial charge on any atom is 0.419 e. The molecule has 1 aromatic carbocycles. The highest BCUT2D eigenvalue weighted by Gasteiger charge is 2.51. The van der Waals surface area contributed by atoms with Gasteiger partial charge in [-0.1, -0.05) is 32.4 Å². The predicted molar refractivity (Wildman–Crippen MR) is 168 cm³/mol. The van der Waals surface area contributed by atoms with E-state index in [1.165, 1.54) is 35.4 Å². The van der Waals surface area contributed by atoms with E-state index < -0.39 is 54.9 Å². The number of nitrogens with one attached hydrogen (secondary N) is 1. The van der Waals surface area contributed by atoms with Gasteiger partial charge in [-0.15, -0.1) is 5.10 Å². The summed E-state index contributed by atoms with van der Waals surface area (Å²) in [7, 11) is -2.99. The largest absolute Gasteiger partial charge is 0.419 e. The van der Waals surface area contributed by atoms with Crippen LogP contribution in [0, 0.1) is 11.6 Å². The molecule has 10 nitrogen and oxygen atoms in total. The number of rotatable bonds is 7. The van der Waals surface area contributed by atoms with Crippen LogP contribution in [-0.2, 0) is 9.22 Å². The number of alkyl halides is 3. The summed E-state index contributed by atoms with van der Waals surface area (Å²) in [5.41, 5.74) is -0.0418. The molecule has 0 radical (unpaired) electrons. The summed E-state index contributed by atoms with van der Waals surface area (Å²) in [6.45, 7) is 8.68. The van der Waals surface area contributed by atoms with Gasteiger partial charge in [0.15, 0.2) is 26.1 Å². The molecule has 254 valence electrons. The number of amides is 1. The maximum absolute atomic E-state index is 15.9. The quantitative estimate of drug-likeness (QED) is 0.156. The average Bonchev–Trinajstić information content (AvgIpc) is 3.78. The van der Waals surface area contributed by atoms with Crippen LogP contribution in [-0.4, -0.2) is 66.5 Å². The summed E-state index contributed by atoms with van der Waals surface area (Å²) in [5.74, 6) is -1.94. The third kappa shape index (κ3) is 6.05. The molecule has 3 atom stereocenters. The van der Waals surface area contributed by atoms with Crippen molar-refractivity contribution in [2.75, 3.05) is 0 Å². The molecule has 1 saturated heterocycles. The molecule has 1 amide bonds. The molecule has 0 aliphatic carbocycles. The number of carbonyl (C=O) groups is 1. The van der Waals surface area contributed by atoms with Crippen LogP contribution in [0.3, 0.4) is 0 Å². The van der Waals surface area contributed by atoms with Crippen molar-refractivity contribution in [3.05, 3.63) is 76.7 Å². The number of hydrogen-bond donors (Lipinski definition) is 1. The molecule has 3 aromatic heterocycles. The third-order valence-corrected chi connectivity index (χ3v) is 14.1. The van der Waals surface area contributed by atoms with E-state index in [0.717, 1.165) is 6.20 Å². The zero-order valence-corrected chi connectivity index (χ0v) is 28.4. The van der Waals surface area contributed by atoms with Gasteiger partial charge in [0.1, 0.15) is 17.8 Å². The van der Waals surface area contributed by atoms with E-state index >= 15 is 8.78 Å². The first-order valence-electron chi connectivity index (χ1n) is 15.2. The Labute approximate surface area is 278 Å². The maximum atomic E-state index is 15.9. The minimum absolute atomic E-state index is 0.116. The van der Waals surface area contributed by atoms with Crippen LogP contribution in [0.15, 0.2) is 43.0 Å². The number of carbonyl (C=O) groups excluding carboxylic acids is 1. The van der Waals surface area contributed by atoms with Crippen molar-refractivity contribution in [2.24, 2.45) is 0 Å². The fraction of sp³-hybridized carbons (Fsp3) is 0.419. The molecule has 6 rings (SSSR count). The van der Waals surface area contributed by atoms with Gasteiger partial charge >= 0.3 is 6.18 Å². The Morgan fingerprint density at radius 2 is 1.83 bits per heavy atom. The molecule has 4 aromatic rings. The summed E-state index contributed by atoms with van der Waals surface area (Å²) < 4.78 is 81.2. The van der Waals surface area contributed by atoms with Crippen LogP contribution in [0.2, 0.25) is 23.2 Å². The zero-order chi connectivity index (χ0) is 34.8. The van der Waals surface area contributed by atoms with E-state index in [-0.39, 0.29) is 27.9 Å². The van der Waals surface area contributed by atoms with E-state index in [1.54, 1.807) is 44.8 Å².